The van der Waals surface area contributed by atoms with Crippen LogP contribution < -0.4 is 14.5 Å². The topological polar surface area (TPSA) is 131 Å². The highest BCUT2D eigenvalue weighted by atomic mass is 35.5. The van der Waals surface area contributed by atoms with Gasteiger partial charge in [-0.05, 0) is 55.0 Å². The van der Waals surface area contributed by atoms with Gasteiger partial charge < -0.3 is 4.74 Å². The van der Waals surface area contributed by atoms with Crippen LogP contribution in [0.4, 0.5) is 11.4 Å². The second kappa shape index (κ2) is 11.0. The average molecular weight is 517 g/mol. The van der Waals surface area contributed by atoms with E-state index in [1.165, 1.54) is 55.8 Å². The summed E-state index contributed by atoms with van der Waals surface area (Å²) < 4.78 is 32.6. The molecule has 3 rings (SSSR count). The highest BCUT2D eigenvalue weighted by molar-refractivity contribution is 7.92. The fraction of sp³-hybridized carbons (Fsp3) is 0.130. The number of anilines is 1. The summed E-state index contributed by atoms with van der Waals surface area (Å²) in [6.07, 6.45) is 1.20. The number of methoxy groups -OCH3 is 1. The molecule has 12 heteroatoms. The van der Waals surface area contributed by atoms with E-state index in [4.69, 9.17) is 16.3 Å². The van der Waals surface area contributed by atoms with Gasteiger partial charge in [-0.25, -0.2) is 13.8 Å². The van der Waals surface area contributed by atoms with Gasteiger partial charge in [0.05, 0.1) is 28.8 Å². The number of hydrogen-bond acceptors (Lipinski definition) is 7. The number of benzene rings is 3. The first kappa shape index (κ1) is 25.7. The highest BCUT2D eigenvalue weighted by Crippen LogP contribution is 2.29. The Balaban J connectivity index is 1.85. The van der Waals surface area contributed by atoms with Crippen molar-refractivity contribution in [1.29, 1.82) is 0 Å². The Morgan fingerprint density at radius 1 is 1.17 bits per heavy atom. The van der Waals surface area contributed by atoms with Gasteiger partial charge in [0.15, 0.2) is 5.75 Å². The summed E-state index contributed by atoms with van der Waals surface area (Å²) in [6.45, 7) is 1.11. The van der Waals surface area contributed by atoms with Crippen LogP contribution >= 0.6 is 11.6 Å². The molecule has 35 heavy (non-hydrogen) atoms. The summed E-state index contributed by atoms with van der Waals surface area (Å²) in [5.41, 5.74) is 3.17. The zero-order valence-electron chi connectivity index (χ0n) is 18.7. The molecule has 0 saturated heterocycles. The van der Waals surface area contributed by atoms with Crippen LogP contribution in [0.5, 0.6) is 5.75 Å². The molecule has 0 fully saturated rings. The van der Waals surface area contributed by atoms with Gasteiger partial charge in [0.1, 0.15) is 6.54 Å². The molecular weight excluding hydrogens is 496 g/mol. The van der Waals surface area contributed by atoms with Gasteiger partial charge in [-0.1, -0.05) is 29.8 Å². The van der Waals surface area contributed by atoms with Crippen molar-refractivity contribution in [1.82, 2.24) is 5.43 Å². The quantitative estimate of drug-likeness (QED) is 0.260. The first-order chi connectivity index (χ1) is 16.6. The molecule has 0 aliphatic carbocycles. The zero-order chi connectivity index (χ0) is 25.6. The number of carbonyl (C=O) groups is 1. The number of sulfonamides is 1. The van der Waals surface area contributed by atoms with E-state index in [-0.39, 0.29) is 22.0 Å². The molecule has 0 atom stereocenters. The van der Waals surface area contributed by atoms with E-state index >= 15 is 0 Å². The van der Waals surface area contributed by atoms with Gasteiger partial charge in [0.2, 0.25) is 0 Å². The lowest BCUT2D eigenvalue weighted by molar-refractivity contribution is -0.385. The van der Waals surface area contributed by atoms with Crippen LogP contribution in [0.3, 0.4) is 0 Å². The summed E-state index contributed by atoms with van der Waals surface area (Å²) in [7, 11) is -2.78. The second-order valence-corrected chi connectivity index (χ2v) is 9.54. The summed E-state index contributed by atoms with van der Waals surface area (Å²) in [5, 5.41) is 15.4. The number of nitro benzene ring substituents is 1. The van der Waals surface area contributed by atoms with Crippen LogP contribution in [0, 0.1) is 17.0 Å². The van der Waals surface area contributed by atoms with Gasteiger partial charge in [0, 0.05) is 16.7 Å². The lowest BCUT2D eigenvalue weighted by Gasteiger charge is -2.25. The molecule has 0 spiro atoms. The van der Waals surface area contributed by atoms with Crippen molar-refractivity contribution in [2.45, 2.75) is 11.8 Å². The molecule has 10 nitrogen and oxygen atoms in total. The molecule has 3 aromatic rings. The van der Waals surface area contributed by atoms with E-state index < -0.39 is 27.4 Å². The third-order valence-corrected chi connectivity index (χ3v) is 6.86. The number of ether oxygens (including phenoxy) is 1. The monoisotopic (exact) mass is 516 g/mol. The van der Waals surface area contributed by atoms with Crippen molar-refractivity contribution in [2.75, 3.05) is 18.0 Å². The number of nitro groups is 1. The summed E-state index contributed by atoms with van der Waals surface area (Å²) >= 11 is 6.02. The maximum absolute atomic E-state index is 13.4. The molecule has 0 aliphatic rings. The zero-order valence-corrected chi connectivity index (χ0v) is 20.3. The molecule has 0 heterocycles. The Morgan fingerprint density at radius 3 is 2.51 bits per heavy atom. The number of aryl methyl sites for hydroxylation is 1. The van der Waals surface area contributed by atoms with Gasteiger partial charge in [-0.15, -0.1) is 0 Å². The molecular formula is C23H21ClN4O6S. The minimum atomic E-state index is -4.10. The van der Waals surface area contributed by atoms with Crippen molar-refractivity contribution in [3.8, 4) is 5.75 Å². The molecule has 182 valence electrons. The molecule has 1 amide bonds. The number of hydrogen-bond donors (Lipinski definition) is 1. The molecule has 0 bridgehead atoms. The normalized spacial score (nSPS) is 11.3. The number of amides is 1. The van der Waals surface area contributed by atoms with Crippen molar-refractivity contribution in [3.05, 3.63) is 93.0 Å². The number of rotatable bonds is 9. The van der Waals surface area contributed by atoms with Crippen molar-refractivity contribution < 1.29 is 22.9 Å². The average Bonchev–Trinajstić information content (AvgIpc) is 2.83. The summed E-state index contributed by atoms with van der Waals surface area (Å²) in [6, 6.07) is 16.5. The van der Waals surface area contributed by atoms with Gasteiger partial charge >= 0.3 is 5.69 Å². The number of nitrogens with one attached hydrogen (secondary N) is 1. The fourth-order valence-electron chi connectivity index (χ4n) is 3.19. The van der Waals surface area contributed by atoms with E-state index in [1.54, 1.807) is 31.2 Å². The van der Waals surface area contributed by atoms with Crippen molar-refractivity contribution in [3.63, 3.8) is 0 Å². The largest absolute Gasteiger partial charge is 0.490 e. The van der Waals surface area contributed by atoms with E-state index in [2.05, 4.69) is 10.5 Å². The standard InChI is InChI=1S/C23H21ClN4O6S/c1-16-12-18(24)9-10-20(16)27(35(32,33)19-6-4-3-5-7-19)15-23(29)26-25-14-17-8-11-22(34-2)21(13-17)28(30)31/h3-14H,15H2,1-2H3,(H,26,29)/b25-14-. The van der Waals surface area contributed by atoms with E-state index in [9.17, 15) is 23.3 Å². The molecule has 0 radical (unpaired) electrons. The predicted molar refractivity (Wildman–Crippen MR) is 133 cm³/mol. The first-order valence-corrected chi connectivity index (χ1v) is 11.9. The van der Waals surface area contributed by atoms with Crippen LogP contribution in [-0.4, -0.2) is 39.1 Å². The third-order valence-electron chi connectivity index (χ3n) is 4.85. The molecule has 3 aromatic carbocycles. The van der Waals surface area contributed by atoms with Crippen LogP contribution in [-0.2, 0) is 14.8 Å². The van der Waals surface area contributed by atoms with Crippen LogP contribution in [0.2, 0.25) is 5.02 Å². The van der Waals surface area contributed by atoms with Crippen molar-refractivity contribution >= 4 is 45.1 Å². The molecule has 0 aliphatic heterocycles. The maximum atomic E-state index is 13.4. The van der Waals surface area contributed by atoms with Crippen LogP contribution in [0.25, 0.3) is 0 Å². The minimum Gasteiger partial charge on any atom is -0.490 e. The SMILES string of the molecule is COc1ccc(/C=N\NC(=O)CN(c2ccc(Cl)cc2C)S(=O)(=O)c2ccccc2)cc1[N+](=O)[O-]. The summed E-state index contributed by atoms with van der Waals surface area (Å²) in [5.74, 6) is -0.644. The van der Waals surface area contributed by atoms with Crippen LogP contribution in [0.15, 0.2) is 76.7 Å². The third kappa shape index (κ3) is 6.14. The van der Waals surface area contributed by atoms with E-state index in [0.717, 1.165) is 4.31 Å². The summed E-state index contributed by atoms with van der Waals surface area (Å²) in [4.78, 5) is 23.2. The second-order valence-electron chi connectivity index (χ2n) is 7.24. The Kier molecular flexibility index (Phi) is 8.05. The van der Waals surface area contributed by atoms with Crippen molar-refractivity contribution in [2.24, 2.45) is 5.10 Å². The van der Waals surface area contributed by atoms with E-state index in [0.29, 0.717) is 16.1 Å². The van der Waals surface area contributed by atoms with Gasteiger partial charge in [0.25, 0.3) is 15.9 Å². The molecule has 1 N–H and O–H groups in total. The lowest BCUT2D eigenvalue weighted by atomic mass is 10.2. The lowest BCUT2D eigenvalue weighted by Crippen LogP contribution is -2.40. The Labute approximate surface area is 207 Å². The maximum Gasteiger partial charge on any atom is 0.311 e. The number of hydrazone groups is 1. The Hall–Kier alpha value is -3.96. The predicted octanol–water partition coefficient (Wildman–Crippen LogP) is 3.91. The first-order valence-electron chi connectivity index (χ1n) is 10.1. The number of nitrogens with zero attached hydrogens (tertiary/aromatic N) is 3. The highest BCUT2D eigenvalue weighted by Gasteiger charge is 2.28. The smallest absolute Gasteiger partial charge is 0.311 e. The Bertz CT molecular complexity index is 1380. The molecule has 0 aromatic heterocycles. The number of carbonyl (C=O) groups excluding carboxylic acids is 1. The molecule has 0 saturated carbocycles. The van der Waals surface area contributed by atoms with Gasteiger partial charge in [-0.2, -0.15) is 5.10 Å². The molecule has 0 unspecified atom stereocenters. The Morgan fingerprint density at radius 2 is 1.89 bits per heavy atom. The number of halogens is 1. The van der Waals surface area contributed by atoms with Gasteiger partial charge in [-0.3, -0.25) is 19.2 Å². The minimum absolute atomic E-state index is 0.0104. The van der Waals surface area contributed by atoms with Crippen LogP contribution in [0.1, 0.15) is 11.1 Å². The fourth-order valence-corrected chi connectivity index (χ4v) is 4.93. The van der Waals surface area contributed by atoms with E-state index in [1.807, 2.05) is 0 Å².